The van der Waals surface area contributed by atoms with Crippen molar-refractivity contribution in [3.05, 3.63) is 36.2 Å². The fraction of sp³-hybridized carbons (Fsp3) is 0.429. The molecule has 1 fully saturated rings. The summed E-state index contributed by atoms with van der Waals surface area (Å²) in [6, 6.07) is 5.79. The van der Waals surface area contributed by atoms with Gasteiger partial charge in [0.05, 0.1) is 17.1 Å². The van der Waals surface area contributed by atoms with E-state index in [0.717, 1.165) is 42.7 Å². The first kappa shape index (κ1) is 11.6. The lowest BCUT2D eigenvalue weighted by Gasteiger charge is -2.27. The first-order chi connectivity index (χ1) is 8.84. The number of fused-ring (bicyclic) bond motifs is 1. The molecule has 0 radical (unpaired) electrons. The van der Waals surface area contributed by atoms with E-state index in [9.17, 15) is 5.11 Å². The van der Waals surface area contributed by atoms with Crippen molar-refractivity contribution in [3.63, 3.8) is 0 Å². The maximum absolute atomic E-state index is 10.4. The maximum atomic E-state index is 10.4. The fourth-order valence-corrected chi connectivity index (χ4v) is 2.47. The van der Waals surface area contributed by atoms with E-state index in [4.69, 9.17) is 4.74 Å². The molecule has 2 heterocycles. The van der Waals surface area contributed by atoms with Crippen molar-refractivity contribution < 1.29 is 9.84 Å². The van der Waals surface area contributed by atoms with Gasteiger partial charge in [0.15, 0.2) is 0 Å². The summed E-state index contributed by atoms with van der Waals surface area (Å²) in [5.41, 5.74) is 2.62. The number of nitrogens with zero attached hydrogens (tertiary/aromatic N) is 2. The molecule has 2 aromatic rings. The summed E-state index contributed by atoms with van der Waals surface area (Å²) in [6.45, 7) is 1.49. The van der Waals surface area contributed by atoms with Crippen LogP contribution in [0.5, 0.6) is 0 Å². The van der Waals surface area contributed by atoms with Crippen LogP contribution in [0.4, 0.5) is 0 Å². The van der Waals surface area contributed by atoms with E-state index in [1.54, 1.807) is 12.4 Å². The second-order valence-corrected chi connectivity index (χ2v) is 4.70. The lowest BCUT2D eigenvalue weighted by atomic mass is 9.89. The number of aromatic nitrogens is 2. The number of benzene rings is 1. The zero-order chi connectivity index (χ0) is 12.4. The van der Waals surface area contributed by atoms with Crippen LogP contribution in [-0.2, 0) is 4.74 Å². The highest BCUT2D eigenvalue weighted by Crippen LogP contribution is 2.30. The molecule has 3 rings (SSSR count). The van der Waals surface area contributed by atoms with Gasteiger partial charge in [0.25, 0.3) is 0 Å². The van der Waals surface area contributed by atoms with Gasteiger partial charge < -0.3 is 9.84 Å². The molecule has 1 aromatic carbocycles. The Morgan fingerprint density at radius 2 is 1.83 bits per heavy atom. The van der Waals surface area contributed by atoms with Crippen molar-refractivity contribution in [2.24, 2.45) is 5.92 Å². The molecule has 4 nitrogen and oxygen atoms in total. The molecule has 1 unspecified atom stereocenters. The summed E-state index contributed by atoms with van der Waals surface area (Å²) in [7, 11) is 0. The average molecular weight is 244 g/mol. The van der Waals surface area contributed by atoms with Crippen molar-refractivity contribution in [1.29, 1.82) is 0 Å². The van der Waals surface area contributed by atoms with Crippen LogP contribution in [0, 0.1) is 5.92 Å². The van der Waals surface area contributed by atoms with E-state index in [0.29, 0.717) is 0 Å². The second-order valence-electron chi connectivity index (χ2n) is 4.70. The van der Waals surface area contributed by atoms with E-state index in [-0.39, 0.29) is 5.92 Å². The zero-order valence-corrected chi connectivity index (χ0v) is 10.1. The van der Waals surface area contributed by atoms with Gasteiger partial charge in [0, 0.05) is 25.6 Å². The molecule has 1 atom stereocenters. The molecule has 94 valence electrons. The van der Waals surface area contributed by atoms with E-state index < -0.39 is 6.10 Å². The van der Waals surface area contributed by atoms with Gasteiger partial charge >= 0.3 is 0 Å². The Balaban J connectivity index is 1.88. The molecule has 18 heavy (non-hydrogen) atoms. The molecule has 4 heteroatoms. The zero-order valence-electron chi connectivity index (χ0n) is 10.1. The third-order valence-electron chi connectivity index (χ3n) is 3.55. The molecular weight excluding hydrogens is 228 g/mol. The highest BCUT2D eigenvalue weighted by molar-refractivity contribution is 5.74. The summed E-state index contributed by atoms with van der Waals surface area (Å²) < 4.78 is 5.32. The SMILES string of the molecule is OC(c1ccc2nccnc2c1)C1CCOCC1. The summed E-state index contributed by atoms with van der Waals surface area (Å²) >= 11 is 0. The summed E-state index contributed by atoms with van der Waals surface area (Å²) in [5.74, 6) is 0.285. The predicted molar refractivity (Wildman–Crippen MR) is 68.0 cm³/mol. The Bertz CT molecular complexity index is 538. The number of hydrogen-bond acceptors (Lipinski definition) is 4. The molecule has 0 bridgehead atoms. The van der Waals surface area contributed by atoms with E-state index in [1.165, 1.54) is 0 Å². The van der Waals surface area contributed by atoms with E-state index >= 15 is 0 Å². The smallest absolute Gasteiger partial charge is 0.0890 e. The lowest BCUT2D eigenvalue weighted by molar-refractivity contribution is 0.00723. The van der Waals surface area contributed by atoms with Gasteiger partial charge in [-0.1, -0.05) is 6.07 Å². The normalized spacial score (nSPS) is 18.9. The standard InChI is InChI=1S/C14H16N2O2/c17-14(10-3-7-18-8-4-10)11-1-2-12-13(9-11)16-6-5-15-12/h1-2,5-6,9-10,14,17H,3-4,7-8H2. The monoisotopic (exact) mass is 244 g/mol. The van der Waals surface area contributed by atoms with Crippen molar-refractivity contribution >= 4 is 11.0 Å². The summed E-state index contributed by atoms with van der Waals surface area (Å²) in [5, 5.41) is 10.4. The van der Waals surface area contributed by atoms with Gasteiger partial charge in [0.2, 0.25) is 0 Å². The summed E-state index contributed by atoms with van der Waals surface area (Å²) in [6.07, 6.45) is 4.75. The van der Waals surface area contributed by atoms with Crippen molar-refractivity contribution in [2.45, 2.75) is 18.9 Å². The van der Waals surface area contributed by atoms with Crippen molar-refractivity contribution in [3.8, 4) is 0 Å². The second kappa shape index (κ2) is 5.00. The van der Waals surface area contributed by atoms with Crippen LogP contribution < -0.4 is 0 Å². The Morgan fingerprint density at radius 1 is 1.11 bits per heavy atom. The van der Waals surface area contributed by atoms with Crippen LogP contribution in [0.3, 0.4) is 0 Å². The molecule has 1 saturated heterocycles. The number of ether oxygens (including phenoxy) is 1. The van der Waals surface area contributed by atoms with Crippen LogP contribution in [-0.4, -0.2) is 28.3 Å². The fourth-order valence-electron chi connectivity index (χ4n) is 2.47. The molecule has 1 aliphatic heterocycles. The van der Waals surface area contributed by atoms with Gasteiger partial charge in [0.1, 0.15) is 0 Å². The van der Waals surface area contributed by atoms with Gasteiger partial charge in [-0.15, -0.1) is 0 Å². The average Bonchev–Trinajstić information content (AvgIpc) is 2.47. The number of aliphatic hydroxyl groups is 1. The Hall–Kier alpha value is -1.52. The number of hydrogen-bond donors (Lipinski definition) is 1. The molecule has 0 amide bonds. The lowest BCUT2D eigenvalue weighted by Crippen LogP contribution is -2.21. The van der Waals surface area contributed by atoms with Crippen LogP contribution in [0.15, 0.2) is 30.6 Å². The molecule has 0 spiro atoms. The quantitative estimate of drug-likeness (QED) is 0.878. The minimum atomic E-state index is -0.430. The first-order valence-electron chi connectivity index (χ1n) is 6.31. The molecule has 1 N–H and O–H groups in total. The summed E-state index contributed by atoms with van der Waals surface area (Å²) in [4.78, 5) is 8.50. The molecular formula is C14H16N2O2. The van der Waals surface area contributed by atoms with Crippen LogP contribution in [0.2, 0.25) is 0 Å². The Labute approximate surface area is 106 Å². The topological polar surface area (TPSA) is 55.2 Å². The highest BCUT2D eigenvalue weighted by Gasteiger charge is 2.23. The first-order valence-corrected chi connectivity index (χ1v) is 6.31. The Morgan fingerprint density at radius 3 is 2.61 bits per heavy atom. The van der Waals surface area contributed by atoms with Crippen LogP contribution >= 0.6 is 0 Å². The molecule has 0 aliphatic carbocycles. The van der Waals surface area contributed by atoms with Crippen molar-refractivity contribution in [1.82, 2.24) is 9.97 Å². The van der Waals surface area contributed by atoms with Crippen LogP contribution in [0.25, 0.3) is 11.0 Å². The molecule has 0 saturated carbocycles. The number of aliphatic hydroxyl groups excluding tert-OH is 1. The minimum Gasteiger partial charge on any atom is -0.388 e. The third-order valence-corrected chi connectivity index (χ3v) is 3.55. The largest absolute Gasteiger partial charge is 0.388 e. The molecule has 1 aromatic heterocycles. The third kappa shape index (κ3) is 2.21. The van der Waals surface area contributed by atoms with Gasteiger partial charge in [-0.05, 0) is 36.5 Å². The predicted octanol–water partition coefficient (Wildman–Crippen LogP) is 2.09. The van der Waals surface area contributed by atoms with E-state index in [1.807, 2.05) is 18.2 Å². The maximum Gasteiger partial charge on any atom is 0.0890 e. The highest BCUT2D eigenvalue weighted by atomic mass is 16.5. The van der Waals surface area contributed by atoms with Gasteiger partial charge in [-0.25, -0.2) is 0 Å². The number of rotatable bonds is 2. The van der Waals surface area contributed by atoms with Crippen molar-refractivity contribution in [2.75, 3.05) is 13.2 Å². The van der Waals surface area contributed by atoms with Gasteiger partial charge in [-0.3, -0.25) is 9.97 Å². The van der Waals surface area contributed by atoms with Gasteiger partial charge in [-0.2, -0.15) is 0 Å². The Kier molecular flexibility index (Phi) is 3.21. The molecule has 1 aliphatic rings. The van der Waals surface area contributed by atoms with Crippen LogP contribution in [0.1, 0.15) is 24.5 Å². The minimum absolute atomic E-state index is 0.285. The van der Waals surface area contributed by atoms with E-state index in [2.05, 4.69) is 9.97 Å².